The summed E-state index contributed by atoms with van der Waals surface area (Å²) in [6.07, 6.45) is 5.80. The molecular weight excluding hydrogens is 294 g/mol. The summed E-state index contributed by atoms with van der Waals surface area (Å²) >= 11 is 3.58. The number of H-pyrrole nitrogens is 1. The van der Waals surface area contributed by atoms with Crippen molar-refractivity contribution in [1.29, 1.82) is 0 Å². The largest absolute Gasteiger partial charge is 0.397 e. The quantitative estimate of drug-likeness (QED) is 0.750. The van der Waals surface area contributed by atoms with Gasteiger partial charge in [0.05, 0.1) is 21.2 Å². The Hall–Kier alpha value is -1.27. The number of aromatic amines is 1. The van der Waals surface area contributed by atoms with Crippen LogP contribution in [0.5, 0.6) is 0 Å². The molecule has 1 aliphatic rings. The minimum Gasteiger partial charge on any atom is -0.397 e. The van der Waals surface area contributed by atoms with Crippen LogP contribution in [0.1, 0.15) is 12.8 Å². The minimum atomic E-state index is 0.231. The normalized spacial score (nSPS) is 20.6. The van der Waals surface area contributed by atoms with Crippen molar-refractivity contribution in [3.8, 4) is 0 Å². The van der Waals surface area contributed by atoms with Crippen LogP contribution in [-0.2, 0) is 0 Å². The number of anilines is 2. The van der Waals surface area contributed by atoms with E-state index in [1.54, 1.807) is 6.20 Å². The molecule has 3 rings (SSSR count). The molecule has 6 heteroatoms. The molecule has 2 aromatic heterocycles. The standard InChI is InChI=1S/C12H16BrN5/c13-8-4-16-12-10(9(15)5-17-12)11(8)18-3-1-2-7(14)6-18/h4-5,7H,1-3,6,14-15H2,(H,16,17)/t7-/m1/s1. The van der Waals surface area contributed by atoms with E-state index in [0.717, 1.165) is 52.8 Å². The Morgan fingerprint density at radius 1 is 1.50 bits per heavy atom. The first-order valence-corrected chi connectivity index (χ1v) is 6.87. The van der Waals surface area contributed by atoms with Crippen LogP contribution in [0.3, 0.4) is 0 Å². The number of nitrogens with zero attached hydrogens (tertiary/aromatic N) is 2. The van der Waals surface area contributed by atoms with E-state index in [-0.39, 0.29) is 6.04 Å². The molecule has 0 spiro atoms. The number of fused-ring (bicyclic) bond motifs is 1. The topological polar surface area (TPSA) is 84.0 Å². The Labute approximate surface area is 114 Å². The SMILES string of the molecule is Nc1c[nH]c2ncc(Br)c(N3CCC[C@@H](N)C3)c12. The Balaban J connectivity index is 2.14. The average molecular weight is 310 g/mol. The second-order valence-corrected chi connectivity index (χ2v) is 5.63. The molecule has 5 N–H and O–H groups in total. The maximum Gasteiger partial charge on any atom is 0.141 e. The Kier molecular flexibility index (Phi) is 2.91. The van der Waals surface area contributed by atoms with Crippen molar-refractivity contribution in [1.82, 2.24) is 9.97 Å². The van der Waals surface area contributed by atoms with Crippen LogP contribution in [0.25, 0.3) is 11.0 Å². The first-order valence-electron chi connectivity index (χ1n) is 6.08. The molecule has 0 amide bonds. The molecule has 1 atom stereocenters. The Morgan fingerprint density at radius 2 is 2.33 bits per heavy atom. The van der Waals surface area contributed by atoms with E-state index in [0.29, 0.717) is 0 Å². The van der Waals surface area contributed by atoms with Crippen LogP contribution in [0.15, 0.2) is 16.9 Å². The van der Waals surface area contributed by atoms with Gasteiger partial charge < -0.3 is 21.4 Å². The monoisotopic (exact) mass is 309 g/mol. The fraction of sp³-hybridized carbons (Fsp3) is 0.417. The number of nitrogens with one attached hydrogen (secondary N) is 1. The second kappa shape index (κ2) is 4.44. The zero-order chi connectivity index (χ0) is 12.7. The van der Waals surface area contributed by atoms with Crippen LogP contribution >= 0.6 is 15.9 Å². The molecule has 0 aliphatic carbocycles. The van der Waals surface area contributed by atoms with Gasteiger partial charge in [0.25, 0.3) is 0 Å². The third-order valence-electron chi connectivity index (χ3n) is 3.43. The number of nitrogen functional groups attached to an aromatic ring is 1. The highest BCUT2D eigenvalue weighted by Gasteiger charge is 2.22. The van der Waals surface area contributed by atoms with E-state index >= 15 is 0 Å². The predicted octanol–water partition coefficient (Wildman–Crippen LogP) is 1.84. The van der Waals surface area contributed by atoms with Crippen molar-refractivity contribution in [3.63, 3.8) is 0 Å². The van der Waals surface area contributed by atoms with Crippen LogP contribution < -0.4 is 16.4 Å². The zero-order valence-electron chi connectivity index (χ0n) is 9.99. The van der Waals surface area contributed by atoms with E-state index in [1.165, 1.54) is 0 Å². The lowest BCUT2D eigenvalue weighted by atomic mass is 10.1. The molecule has 0 bridgehead atoms. The van der Waals surface area contributed by atoms with Gasteiger partial charge in [-0.1, -0.05) is 0 Å². The molecule has 2 aromatic rings. The van der Waals surface area contributed by atoms with E-state index in [1.807, 2.05) is 6.20 Å². The molecule has 5 nitrogen and oxygen atoms in total. The smallest absolute Gasteiger partial charge is 0.141 e. The minimum absolute atomic E-state index is 0.231. The molecule has 18 heavy (non-hydrogen) atoms. The van der Waals surface area contributed by atoms with Crippen LogP contribution in [0.2, 0.25) is 0 Å². The van der Waals surface area contributed by atoms with Crippen molar-refractivity contribution >= 4 is 38.3 Å². The Morgan fingerprint density at radius 3 is 3.11 bits per heavy atom. The molecule has 1 fully saturated rings. The predicted molar refractivity (Wildman–Crippen MR) is 77.6 cm³/mol. The van der Waals surface area contributed by atoms with Gasteiger partial charge in [0.1, 0.15) is 5.65 Å². The van der Waals surface area contributed by atoms with E-state index in [2.05, 4.69) is 30.8 Å². The number of hydrogen-bond donors (Lipinski definition) is 3. The highest BCUT2D eigenvalue weighted by atomic mass is 79.9. The van der Waals surface area contributed by atoms with Crippen LogP contribution in [-0.4, -0.2) is 29.1 Å². The van der Waals surface area contributed by atoms with Crippen molar-refractivity contribution < 1.29 is 0 Å². The lowest BCUT2D eigenvalue weighted by Crippen LogP contribution is -2.43. The lowest BCUT2D eigenvalue weighted by Gasteiger charge is -2.33. The fourth-order valence-corrected chi connectivity index (χ4v) is 3.15. The summed E-state index contributed by atoms with van der Waals surface area (Å²) < 4.78 is 0.968. The van der Waals surface area contributed by atoms with Gasteiger partial charge in [0.2, 0.25) is 0 Å². The number of nitrogens with two attached hydrogens (primary N) is 2. The summed E-state index contributed by atoms with van der Waals surface area (Å²) in [7, 11) is 0. The fourth-order valence-electron chi connectivity index (χ4n) is 2.60. The number of hydrogen-bond acceptors (Lipinski definition) is 4. The van der Waals surface area contributed by atoms with Crippen molar-refractivity contribution in [3.05, 3.63) is 16.9 Å². The van der Waals surface area contributed by atoms with Gasteiger partial charge in [0.15, 0.2) is 0 Å². The molecular formula is C12H16BrN5. The van der Waals surface area contributed by atoms with Crippen LogP contribution in [0.4, 0.5) is 11.4 Å². The van der Waals surface area contributed by atoms with Gasteiger partial charge in [-0.2, -0.15) is 0 Å². The molecule has 0 aromatic carbocycles. The second-order valence-electron chi connectivity index (χ2n) is 4.77. The van der Waals surface area contributed by atoms with Crippen molar-refractivity contribution in [2.45, 2.75) is 18.9 Å². The number of piperidine rings is 1. The van der Waals surface area contributed by atoms with E-state index in [4.69, 9.17) is 11.5 Å². The summed E-state index contributed by atoms with van der Waals surface area (Å²) in [5.41, 5.74) is 14.8. The number of aromatic nitrogens is 2. The van der Waals surface area contributed by atoms with E-state index < -0.39 is 0 Å². The summed E-state index contributed by atoms with van der Waals surface area (Å²) in [6, 6.07) is 0.231. The molecule has 1 aliphatic heterocycles. The molecule has 0 unspecified atom stereocenters. The van der Waals surface area contributed by atoms with Gasteiger partial charge >= 0.3 is 0 Å². The average Bonchev–Trinajstić information content (AvgIpc) is 2.71. The highest BCUT2D eigenvalue weighted by molar-refractivity contribution is 9.10. The number of halogens is 1. The van der Waals surface area contributed by atoms with Gasteiger partial charge in [-0.15, -0.1) is 0 Å². The maximum absolute atomic E-state index is 6.06. The molecule has 3 heterocycles. The molecule has 0 radical (unpaired) electrons. The Bertz CT molecular complexity index is 579. The first kappa shape index (κ1) is 11.8. The van der Waals surface area contributed by atoms with Crippen LogP contribution in [0, 0.1) is 0 Å². The third-order valence-corrected chi connectivity index (χ3v) is 4.01. The van der Waals surface area contributed by atoms with E-state index in [9.17, 15) is 0 Å². The number of pyridine rings is 1. The highest BCUT2D eigenvalue weighted by Crippen LogP contribution is 2.37. The zero-order valence-corrected chi connectivity index (χ0v) is 11.6. The molecule has 0 saturated carbocycles. The van der Waals surface area contributed by atoms with Gasteiger partial charge in [-0.3, -0.25) is 0 Å². The molecule has 96 valence electrons. The summed E-state index contributed by atoms with van der Waals surface area (Å²) in [5, 5.41) is 0.985. The van der Waals surface area contributed by atoms with Gasteiger partial charge in [-0.05, 0) is 28.8 Å². The summed E-state index contributed by atoms with van der Waals surface area (Å²) in [4.78, 5) is 9.72. The van der Waals surface area contributed by atoms with Crippen molar-refractivity contribution in [2.75, 3.05) is 23.7 Å². The maximum atomic E-state index is 6.06. The lowest BCUT2D eigenvalue weighted by molar-refractivity contribution is 0.506. The van der Waals surface area contributed by atoms with Crippen molar-refractivity contribution in [2.24, 2.45) is 5.73 Å². The molecule has 1 saturated heterocycles. The van der Waals surface area contributed by atoms with Gasteiger partial charge in [-0.25, -0.2) is 4.98 Å². The summed E-state index contributed by atoms with van der Waals surface area (Å²) in [5.74, 6) is 0. The number of rotatable bonds is 1. The van der Waals surface area contributed by atoms with Gasteiger partial charge in [0, 0.05) is 31.5 Å². The summed E-state index contributed by atoms with van der Waals surface area (Å²) in [6.45, 7) is 1.87. The first-order chi connectivity index (χ1) is 8.66. The third kappa shape index (κ3) is 1.85.